The number of carbonyl (C=O) groups excluding carboxylic acids is 1. The summed E-state index contributed by atoms with van der Waals surface area (Å²) >= 11 is 5.89. The Bertz CT molecular complexity index is 517. The van der Waals surface area contributed by atoms with E-state index in [2.05, 4.69) is 0 Å². The molecule has 3 nitrogen and oxygen atoms in total. The fraction of sp³-hybridized carbons (Fsp3) is 0.154. The Kier molecular flexibility index (Phi) is 3.49. The van der Waals surface area contributed by atoms with Crippen LogP contribution in [0.2, 0.25) is 5.02 Å². The number of carbonyl (C=O) groups is 1. The fourth-order valence-electron chi connectivity index (χ4n) is 1.58. The number of ketones is 1. The molecule has 0 bridgehead atoms. The van der Waals surface area contributed by atoms with Gasteiger partial charge in [0, 0.05) is 17.0 Å². The Labute approximate surface area is 104 Å². The van der Waals surface area contributed by atoms with Crippen LogP contribution in [0.25, 0.3) is 0 Å². The Hall–Kier alpha value is -1.74. The van der Waals surface area contributed by atoms with Gasteiger partial charge in [0.05, 0.1) is 13.4 Å². The Morgan fingerprint density at radius 3 is 2.88 bits per heavy atom. The van der Waals surface area contributed by atoms with E-state index in [-0.39, 0.29) is 12.2 Å². The van der Waals surface area contributed by atoms with Crippen molar-refractivity contribution >= 4 is 17.4 Å². The fourth-order valence-corrected chi connectivity index (χ4v) is 1.78. The van der Waals surface area contributed by atoms with Crippen LogP contribution in [0.4, 0.5) is 0 Å². The SMILES string of the molecule is COc1ccc(Cl)cc1CC(=O)c1ccco1. The van der Waals surface area contributed by atoms with E-state index in [1.807, 2.05) is 0 Å². The predicted molar refractivity (Wildman–Crippen MR) is 64.7 cm³/mol. The Morgan fingerprint density at radius 1 is 1.41 bits per heavy atom. The number of furan rings is 1. The molecule has 0 aliphatic carbocycles. The van der Waals surface area contributed by atoms with Crippen molar-refractivity contribution in [1.82, 2.24) is 0 Å². The first-order valence-electron chi connectivity index (χ1n) is 5.10. The van der Waals surface area contributed by atoms with Crippen molar-refractivity contribution in [2.45, 2.75) is 6.42 Å². The summed E-state index contributed by atoms with van der Waals surface area (Å²) in [5.74, 6) is 0.886. The highest BCUT2D eigenvalue weighted by molar-refractivity contribution is 6.30. The number of hydrogen-bond acceptors (Lipinski definition) is 3. The van der Waals surface area contributed by atoms with Crippen LogP contribution in [0.15, 0.2) is 41.0 Å². The molecule has 0 spiro atoms. The number of Topliss-reactive ketones (excluding diaryl/α,β-unsaturated/α-hetero) is 1. The second-order valence-electron chi connectivity index (χ2n) is 3.53. The van der Waals surface area contributed by atoms with E-state index in [0.717, 1.165) is 5.56 Å². The summed E-state index contributed by atoms with van der Waals surface area (Å²) in [6.07, 6.45) is 1.68. The van der Waals surface area contributed by atoms with Gasteiger partial charge in [-0.15, -0.1) is 0 Å². The number of hydrogen-bond donors (Lipinski definition) is 0. The highest BCUT2D eigenvalue weighted by atomic mass is 35.5. The molecule has 17 heavy (non-hydrogen) atoms. The minimum atomic E-state index is -0.101. The third kappa shape index (κ3) is 2.68. The zero-order valence-electron chi connectivity index (χ0n) is 9.27. The zero-order valence-corrected chi connectivity index (χ0v) is 10.0. The van der Waals surface area contributed by atoms with Crippen LogP contribution in [-0.4, -0.2) is 12.9 Å². The second kappa shape index (κ2) is 5.06. The van der Waals surface area contributed by atoms with E-state index in [1.54, 1.807) is 37.4 Å². The minimum absolute atomic E-state index is 0.101. The molecule has 0 saturated carbocycles. The average molecular weight is 251 g/mol. The van der Waals surface area contributed by atoms with E-state index < -0.39 is 0 Å². The van der Waals surface area contributed by atoms with E-state index in [9.17, 15) is 4.79 Å². The monoisotopic (exact) mass is 250 g/mol. The van der Waals surface area contributed by atoms with Crippen molar-refractivity contribution in [3.05, 3.63) is 52.9 Å². The molecule has 0 N–H and O–H groups in total. The standard InChI is InChI=1S/C13H11ClO3/c1-16-12-5-4-10(14)7-9(12)8-11(15)13-3-2-6-17-13/h2-7H,8H2,1H3. The lowest BCUT2D eigenvalue weighted by molar-refractivity contribution is 0.0965. The van der Waals surface area contributed by atoms with Crippen molar-refractivity contribution in [2.75, 3.05) is 7.11 Å². The lowest BCUT2D eigenvalue weighted by Crippen LogP contribution is -2.03. The summed E-state index contributed by atoms with van der Waals surface area (Å²) in [6.45, 7) is 0. The quantitative estimate of drug-likeness (QED) is 0.781. The molecule has 0 unspecified atom stereocenters. The minimum Gasteiger partial charge on any atom is -0.496 e. The van der Waals surface area contributed by atoms with Crippen LogP contribution < -0.4 is 4.74 Å². The number of rotatable bonds is 4. The van der Waals surface area contributed by atoms with Gasteiger partial charge in [0.1, 0.15) is 5.75 Å². The molecule has 4 heteroatoms. The Balaban J connectivity index is 2.23. The zero-order chi connectivity index (χ0) is 12.3. The van der Waals surface area contributed by atoms with E-state index in [1.165, 1.54) is 6.26 Å². The summed E-state index contributed by atoms with van der Waals surface area (Å²) in [5, 5.41) is 0.577. The first kappa shape index (κ1) is 11.7. The van der Waals surface area contributed by atoms with Gasteiger partial charge in [-0.2, -0.15) is 0 Å². The van der Waals surface area contributed by atoms with Gasteiger partial charge in [0.25, 0.3) is 0 Å². The third-order valence-corrected chi connectivity index (χ3v) is 2.62. The maximum atomic E-state index is 11.9. The van der Waals surface area contributed by atoms with Gasteiger partial charge in [0.15, 0.2) is 5.76 Å². The average Bonchev–Trinajstić information content (AvgIpc) is 2.83. The molecule has 1 heterocycles. The van der Waals surface area contributed by atoms with Crippen LogP contribution in [-0.2, 0) is 6.42 Å². The molecule has 0 aliphatic rings. The van der Waals surface area contributed by atoms with Crippen LogP contribution in [0.3, 0.4) is 0 Å². The summed E-state index contributed by atoms with van der Waals surface area (Å²) in [7, 11) is 1.56. The summed E-state index contributed by atoms with van der Waals surface area (Å²) in [5.41, 5.74) is 0.751. The molecule has 88 valence electrons. The van der Waals surface area contributed by atoms with Gasteiger partial charge in [-0.25, -0.2) is 0 Å². The molecule has 0 saturated heterocycles. The van der Waals surface area contributed by atoms with Crippen molar-refractivity contribution < 1.29 is 13.9 Å². The van der Waals surface area contributed by atoms with Crippen molar-refractivity contribution in [2.24, 2.45) is 0 Å². The number of ether oxygens (including phenoxy) is 1. The summed E-state index contributed by atoms with van der Waals surface area (Å²) in [4.78, 5) is 11.9. The molecule has 1 aromatic carbocycles. The van der Waals surface area contributed by atoms with Gasteiger partial charge in [-0.3, -0.25) is 4.79 Å². The molecular weight excluding hydrogens is 240 g/mol. The first-order chi connectivity index (χ1) is 8.20. The molecule has 0 radical (unpaired) electrons. The molecule has 1 aromatic heterocycles. The van der Waals surface area contributed by atoms with Crippen LogP contribution in [0.1, 0.15) is 16.1 Å². The topological polar surface area (TPSA) is 39.4 Å². The van der Waals surface area contributed by atoms with Gasteiger partial charge in [-0.05, 0) is 30.3 Å². The first-order valence-corrected chi connectivity index (χ1v) is 5.47. The van der Waals surface area contributed by atoms with Crippen molar-refractivity contribution in [1.29, 1.82) is 0 Å². The van der Waals surface area contributed by atoms with Crippen LogP contribution in [0, 0.1) is 0 Å². The van der Waals surface area contributed by atoms with Crippen molar-refractivity contribution in [3.63, 3.8) is 0 Å². The van der Waals surface area contributed by atoms with Crippen LogP contribution in [0.5, 0.6) is 5.75 Å². The highest BCUT2D eigenvalue weighted by Gasteiger charge is 2.13. The highest BCUT2D eigenvalue weighted by Crippen LogP contribution is 2.24. The van der Waals surface area contributed by atoms with Gasteiger partial charge >= 0.3 is 0 Å². The Morgan fingerprint density at radius 2 is 2.24 bits per heavy atom. The summed E-state index contributed by atoms with van der Waals surface area (Å²) in [6, 6.07) is 8.51. The van der Waals surface area contributed by atoms with E-state index in [4.69, 9.17) is 20.8 Å². The molecule has 2 rings (SSSR count). The lowest BCUT2D eigenvalue weighted by atomic mass is 10.1. The third-order valence-electron chi connectivity index (χ3n) is 2.39. The summed E-state index contributed by atoms with van der Waals surface area (Å²) < 4.78 is 10.2. The van der Waals surface area contributed by atoms with Crippen molar-refractivity contribution in [3.8, 4) is 5.75 Å². The second-order valence-corrected chi connectivity index (χ2v) is 3.97. The lowest BCUT2D eigenvalue weighted by Gasteiger charge is -2.07. The molecule has 0 aliphatic heterocycles. The van der Waals surface area contributed by atoms with E-state index >= 15 is 0 Å². The molecule has 0 amide bonds. The van der Waals surface area contributed by atoms with Crippen LogP contribution >= 0.6 is 11.6 Å². The number of benzene rings is 1. The normalized spacial score (nSPS) is 10.2. The number of halogens is 1. The van der Waals surface area contributed by atoms with E-state index in [0.29, 0.717) is 16.5 Å². The maximum Gasteiger partial charge on any atom is 0.202 e. The molecule has 2 aromatic rings. The molecule has 0 fully saturated rings. The van der Waals surface area contributed by atoms with Gasteiger partial charge in [-0.1, -0.05) is 11.6 Å². The van der Waals surface area contributed by atoms with Gasteiger partial charge in [0.2, 0.25) is 5.78 Å². The predicted octanol–water partition coefficient (Wildman–Crippen LogP) is 3.37. The molecule has 0 atom stereocenters. The van der Waals surface area contributed by atoms with Gasteiger partial charge < -0.3 is 9.15 Å². The smallest absolute Gasteiger partial charge is 0.202 e. The molecular formula is C13H11ClO3. The largest absolute Gasteiger partial charge is 0.496 e. The number of methoxy groups -OCH3 is 1. The maximum absolute atomic E-state index is 11.9.